The standard InChI is InChI=1S/C12H16BrNS/c13-11-3-1-2-4-12(11)15-8-10(14)7-9-5-6-9/h1-4,9-10H,5-8,14H2. The largest absolute Gasteiger partial charge is 0.327 e. The number of halogens is 1. The lowest BCUT2D eigenvalue weighted by molar-refractivity contribution is 0.617. The molecule has 0 bridgehead atoms. The van der Waals surface area contributed by atoms with Gasteiger partial charge in [0.25, 0.3) is 0 Å². The second kappa shape index (κ2) is 5.37. The van der Waals surface area contributed by atoms with Gasteiger partial charge in [-0.25, -0.2) is 0 Å². The van der Waals surface area contributed by atoms with Crippen LogP contribution >= 0.6 is 27.7 Å². The van der Waals surface area contributed by atoms with Crippen LogP contribution in [0.15, 0.2) is 33.6 Å². The molecule has 0 aliphatic heterocycles. The first-order valence-corrected chi connectivity index (χ1v) is 7.16. The van der Waals surface area contributed by atoms with Crippen molar-refractivity contribution in [2.24, 2.45) is 11.7 Å². The van der Waals surface area contributed by atoms with Crippen LogP contribution in [0.2, 0.25) is 0 Å². The molecule has 3 heteroatoms. The fraction of sp³-hybridized carbons (Fsp3) is 0.500. The van der Waals surface area contributed by atoms with E-state index in [1.165, 1.54) is 28.6 Å². The summed E-state index contributed by atoms with van der Waals surface area (Å²) in [4.78, 5) is 1.30. The van der Waals surface area contributed by atoms with Crippen molar-refractivity contribution in [1.82, 2.24) is 0 Å². The normalized spacial score (nSPS) is 17.7. The van der Waals surface area contributed by atoms with Gasteiger partial charge in [-0.3, -0.25) is 0 Å². The molecule has 0 aromatic heterocycles. The smallest absolute Gasteiger partial charge is 0.0311 e. The Kier molecular flexibility index (Phi) is 4.12. The van der Waals surface area contributed by atoms with Gasteiger partial charge in [-0.1, -0.05) is 25.0 Å². The molecule has 1 unspecified atom stereocenters. The first kappa shape index (κ1) is 11.5. The summed E-state index contributed by atoms with van der Waals surface area (Å²) in [7, 11) is 0. The van der Waals surface area contributed by atoms with Gasteiger partial charge in [0.2, 0.25) is 0 Å². The third-order valence-electron chi connectivity index (χ3n) is 2.62. The van der Waals surface area contributed by atoms with Crippen LogP contribution in [0, 0.1) is 5.92 Å². The summed E-state index contributed by atoms with van der Waals surface area (Å²) >= 11 is 5.40. The van der Waals surface area contributed by atoms with Crippen molar-refractivity contribution in [3.63, 3.8) is 0 Å². The average molecular weight is 286 g/mol. The van der Waals surface area contributed by atoms with Gasteiger partial charge in [-0.05, 0) is 40.4 Å². The van der Waals surface area contributed by atoms with Gasteiger partial charge in [-0.15, -0.1) is 11.8 Å². The van der Waals surface area contributed by atoms with Crippen molar-refractivity contribution in [3.8, 4) is 0 Å². The van der Waals surface area contributed by atoms with Crippen molar-refractivity contribution >= 4 is 27.7 Å². The number of thioether (sulfide) groups is 1. The molecular formula is C12H16BrNS. The molecule has 1 atom stereocenters. The third kappa shape index (κ3) is 3.82. The third-order valence-corrected chi connectivity index (χ3v) is 4.84. The minimum absolute atomic E-state index is 0.356. The molecule has 82 valence electrons. The zero-order chi connectivity index (χ0) is 10.7. The molecule has 0 radical (unpaired) electrons. The van der Waals surface area contributed by atoms with Gasteiger partial charge in [0.05, 0.1) is 0 Å². The van der Waals surface area contributed by atoms with E-state index in [9.17, 15) is 0 Å². The molecule has 1 aromatic rings. The molecule has 2 N–H and O–H groups in total. The van der Waals surface area contributed by atoms with E-state index in [0.717, 1.165) is 11.7 Å². The summed E-state index contributed by atoms with van der Waals surface area (Å²) in [5, 5.41) is 0. The molecule has 1 nitrogen and oxygen atoms in total. The van der Waals surface area contributed by atoms with Crippen molar-refractivity contribution in [3.05, 3.63) is 28.7 Å². The van der Waals surface area contributed by atoms with Gasteiger partial charge in [0, 0.05) is 21.2 Å². The molecular weight excluding hydrogens is 270 g/mol. The van der Waals surface area contributed by atoms with E-state index in [4.69, 9.17) is 5.73 Å². The van der Waals surface area contributed by atoms with Gasteiger partial charge >= 0.3 is 0 Å². The monoisotopic (exact) mass is 285 g/mol. The van der Waals surface area contributed by atoms with Crippen molar-refractivity contribution in [1.29, 1.82) is 0 Å². The van der Waals surface area contributed by atoms with E-state index in [2.05, 4.69) is 34.1 Å². The minimum atomic E-state index is 0.356. The molecule has 0 saturated heterocycles. The first-order valence-electron chi connectivity index (χ1n) is 5.38. The summed E-state index contributed by atoms with van der Waals surface area (Å²) in [6, 6.07) is 8.68. The van der Waals surface area contributed by atoms with Crippen LogP contribution in [0.25, 0.3) is 0 Å². The summed E-state index contributed by atoms with van der Waals surface area (Å²) < 4.78 is 1.17. The number of benzene rings is 1. The summed E-state index contributed by atoms with van der Waals surface area (Å²) in [5.41, 5.74) is 6.08. The Morgan fingerprint density at radius 1 is 1.40 bits per heavy atom. The van der Waals surface area contributed by atoms with Crippen LogP contribution in [-0.4, -0.2) is 11.8 Å². The second-order valence-corrected chi connectivity index (χ2v) is 6.10. The molecule has 1 aliphatic carbocycles. The fourth-order valence-electron chi connectivity index (χ4n) is 1.61. The van der Waals surface area contributed by atoms with Gasteiger partial charge < -0.3 is 5.73 Å². The van der Waals surface area contributed by atoms with E-state index in [1.807, 2.05) is 17.8 Å². The summed E-state index contributed by atoms with van der Waals surface area (Å²) in [6.07, 6.45) is 4.00. The second-order valence-electron chi connectivity index (χ2n) is 4.18. The van der Waals surface area contributed by atoms with Crippen molar-refractivity contribution < 1.29 is 0 Å². The molecule has 1 saturated carbocycles. The van der Waals surface area contributed by atoms with Crippen LogP contribution in [-0.2, 0) is 0 Å². The van der Waals surface area contributed by atoms with Crippen LogP contribution < -0.4 is 5.73 Å². The highest BCUT2D eigenvalue weighted by Gasteiger charge is 2.23. The van der Waals surface area contributed by atoms with Crippen LogP contribution in [0.3, 0.4) is 0 Å². The zero-order valence-electron chi connectivity index (χ0n) is 8.66. The Labute approximate surface area is 104 Å². The highest BCUT2D eigenvalue weighted by Crippen LogP contribution is 2.34. The van der Waals surface area contributed by atoms with Crippen LogP contribution in [0.4, 0.5) is 0 Å². The average Bonchev–Trinajstić information content (AvgIpc) is 3.00. The zero-order valence-corrected chi connectivity index (χ0v) is 11.1. The van der Waals surface area contributed by atoms with E-state index in [1.54, 1.807) is 0 Å². The lowest BCUT2D eigenvalue weighted by Gasteiger charge is -2.10. The lowest BCUT2D eigenvalue weighted by atomic mass is 10.2. The molecule has 1 aliphatic rings. The van der Waals surface area contributed by atoms with E-state index < -0.39 is 0 Å². The van der Waals surface area contributed by atoms with Gasteiger partial charge in [-0.2, -0.15) is 0 Å². The molecule has 1 fully saturated rings. The van der Waals surface area contributed by atoms with Gasteiger partial charge in [0.15, 0.2) is 0 Å². The Balaban J connectivity index is 1.78. The Morgan fingerprint density at radius 2 is 2.13 bits per heavy atom. The highest BCUT2D eigenvalue weighted by atomic mass is 79.9. The molecule has 15 heavy (non-hydrogen) atoms. The van der Waals surface area contributed by atoms with Gasteiger partial charge in [0.1, 0.15) is 0 Å². The predicted molar refractivity (Wildman–Crippen MR) is 70.2 cm³/mol. The van der Waals surface area contributed by atoms with E-state index in [-0.39, 0.29) is 0 Å². The maximum absolute atomic E-state index is 6.08. The van der Waals surface area contributed by atoms with Crippen LogP contribution in [0.1, 0.15) is 19.3 Å². The summed E-state index contributed by atoms with van der Waals surface area (Å²) in [5.74, 6) is 1.96. The summed E-state index contributed by atoms with van der Waals surface area (Å²) in [6.45, 7) is 0. The molecule has 0 amide bonds. The maximum atomic E-state index is 6.08. The Hall–Kier alpha value is 0.01000. The predicted octanol–water partition coefficient (Wildman–Crippen LogP) is 3.67. The number of hydrogen-bond acceptors (Lipinski definition) is 2. The number of rotatable bonds is 5. The Morgan fingerprint density at radius 3 is 2.80 bits per heavy atom. The first-order chi connectivity index (χ1) is 7.25. The maximum Gasteiger partial charge on any atom is 0.0311 e. The quantitative estimate of drug-likeness (QED) is 0.836. The van der Waals surface area contributed by atoms with E-state index in [0.29, 0.717) is 6.04 Å². The molecule has 0 heterocycles. The molecule has 1 aromatic carbocycles. The fourth-order valence-corrected chi connectivity index (χ4v) is 3.15. The topological polar surface area (TPSA) is 26.0 Å². The lowest BCUT2D eigenvalue weighted by Crippen LogP contribution is -2.23. The highest BCUT2D eigenvalue weighted by molar-refractivity contribution is 9.10. The molecule has 2 rings (SSSR count). The number of nitrogens with two attached hydrogens (primary N) is 1. The SMILES string of the molecule is NC(CSc1ccccc1Br)CC1CC1. The molecule has 0 spiro atoms. The van der Waals surface area contributed by atoms with E-state index >= 15 is 0 Å². The van der Waals surface area contributed by atoms with Crippen LogP contribution in [0.5, 0.6) is 0 Å². The number of hydrogen-bond donors (Lipinski definition) is 1. The van der Waals surface area contributed by atoms with Crippen molar-refractivity contribution in [2.45, 2.75) is 30.2 Å². The Bertz CT molecular complexity index is 325. The van der Waals surface area contributed by atoms with Crippen molar-refractivity contribution in [2.75, 3.05) is 5.75 Å². The minimum Gasteiger partial charge on any atom is -0.327 e.